The van der Waals surface area contributed by atoms with Crippen molar-refractivity contribution in [1.29, 1.82) is 0 Å². The maximum atomic E-state index is 12.6. The van der Waals surface area contributed by atoms with Gasteiger partial charge in [-0.15, -0.1) is 0 Å². The predicted molar refractivity (Wildman–Crippen MR) is 61.6 cm³/mol. The van der Waals surface area contributed by atoms with Crippen LogP contribution in [0.1, 0.15) is 22.7 Å². The Balaban J connectivity index is 2.49. The van der Waals surface area contributed by atoms with Gasteiger partial charge >= 0.3 is 5.97 Å². The smallest absolute Gasteiger partial charge is 0.374 e. The van der Waals surface area contributed by atoms with Gasteiger partial charge in [-0.1, -0.05) is 15.9 Å². The van der Waals surface area contributed by atoms with Crippen LogP contribution in [0.4, 0.5) is 8.78 Å². The number of alkyl halides is 2. The van der Waals surface area contributed by atoms with E-state index < -0.39 is 23.8 Å². The first-order valence-electron chi connectivity index (χ1n) is 4.77. The summed E-state index contributed by atoms with van der Waals surface area (Å²) in [5, 5.41) is 8.74. The molecular weight excluding hydrogens is 312 g/mol. The number of carboxylic acid groups (broad SMARTS) is 1. The summed E-state index contributed by atoms with van der Waals surface area (Å²) in [6.07, 6.45) is -3.00. The minimum absolute atomic E-state index is 0.143. The molecule has 0 spiro atoms. The molecule has 0 aliphatic heterocycles. The quantitative estimate of drug-likeness (QED) is 0.936. The normalized spacial score (nSPS) is 10.9. The van der Waals surface area contributed by atoms with Gasteiger partial charge in [-0.05, 0) is 24.3 Å². The Hall–Kier alpha value is -1.76. The van der Waals surface area contributed by atoms with Crippen molar-refractivity contribution in [2.24, 2.45) is 0 Å². The average molecular weight is 318 g/mol. The molecule has 7 heteroatoms. The number of oxazole rings is 1. The standard InChI is InChI=1S/C11H6BrF2NO3/c12-6-3-1-5(2-4-6)10-15-7(9(13)14)8(18-10)11(16)17/h1-4,9H,(H,16,17). The molecule has 0 amide bonds. The molecule has 2 aromatic rings. The molecule has 94 valence electrons. The topological polar surface area (TPSA) is 63.3 Å². The van der Waals surface area contributed by atoms with Gasteiger partial charge < -0.3 is 9.52 Å². The van der Waals surface area contributed by atoms with Crippen molar-refractivity contribution in [1.82, 2.24) is 4.98 Å². The molecule has 1 aromatic carbocycles. The molecule has 4 nitrogen and oxygen atoms in total. The zero-order valence-corrected chi connectivity index (χ0v) is 10.3. The minimum Gasteiger partial charge on any atom is -0.475 e. The van der Waals surface area contributed by atoms with Crippen LogP contribution in [0.15, 0.2) is 33.2 Å². The second kappa shape index (κ2) is 4.85. The summed E-state index contributed by atoms with van der Waals surface area (Å²) in [5.74, 6) is -2.54. The van der Waals surface area contributed by atoms with Gasteiger partial charge in [0.2, 0.25) is 11.7 Å². The lowest BCUT2D eigenvalue weighted by Gasteiger charge is -1.94. The number of aromatic nitrogens is 1. The van der Waals surface area contributed by atoms with Gasteiger partial charge in [-0.2, -0.15) is 0 Å². The molecule has 2 rings (SSSR count). The molecule has 0 saturated heterocycles. The Labute approximate surface area is 108 Å². The van der Waals surface area contributed by atoms with E-state index >= 15 is 0 Å². The van der Waals surface area contributed by atoms with Gasteiger partial charge in [0.15, 0.2) is 5.69 Å². The van der Waals surface area contributed by atoms with E-state index in [1.54, 1.807) is 24.3 Å². The molecule has 0 bridgehead atoms. The van der Waals surface area contributed by atoms with Gasteiger partial charge in [-0.25, -0.2) is 18.6 Å². The van der Waals surface area contributed by atoms with Crippen LogP contribution in [0.25, 0.3) is 11.5 Å². The van der Waals surface area contributed by atoms with Crippen molar-refractivity contribution in [2.45, 2.75) is 6.43 Å². The molecule has 0 aliphatic carbocycles. The summed E-state index contributed by atoms with van der Waals surface area (Å²) in [4.78, 5) is 14.3. The van der Waals surface area contributed by atoms with Gasteiger partial charge in [0.1, 0.15) is 0 Å². The maximum Gasteiger partial charge on any atom is 0.374 e. The van der Waals surface area contributed by atoms with Crippen LogP contribution in [0.5, 0.6) is 0 Å². The Kier molecular flexibility index (Phi) is 3.42. The van der Waals surface area contributed by atoms with E-state index in [9.17, 15) is 13.6 Å². The van der Waals surface area contributed by atoms with Gasteiger partial charge in [0, 0.05) is 10.0 Å². The largest absolute Gasteiger partial charge is 0.475 e. The van der Waals surface area contributed by atoms with Crippen molar-refractivity contribution in [2.75, 3.05) is 0 Å². The van der Waals surface area contributed by atoms with Crippen molar-refractivity contribution in [3.8, 4) is 11.5 Å². The second-order valence-electron chi connectivity index (χ2n) is 3.35. The van der Waals surface area contributed by atoms with Crippen molar-refractivity contribution in [3.05, 3.63) is 40.2 Å². The third-order valence-electron chi connectivity index (χ3n) is 2.15. The monoisotopic (exact) mass is 317 g/mol. The van der Waals surface area contributed by atoms with Crippen LogP contribution in [0.3, 0.4) is 0 Å². The number of nitrogens with zero attached hydrogens (tertiary/aromatic N) is 1. The first-order chi connectivity index (χ1) is 8.49. The summed E-state index contributed by atoms with van der Waals surface area (Å²) in [5.41, 5.74) is -0.437. The zero-order valence-electron chi connectivity index (χ0n) is 8.73. The first kappa shape index (κ1) is 12.7. The van der Waals surface area contributed by atoms with Crippen LogP contribution in [0, 0.1) is 0 Å². The molecular formula is C11H6BrF2NO3. The fourth-order valence-corrected chi connectivity index (χ4v) is 1.61. The number of hydrogen-bond acceptors (Lipinski definition) is 3. The highest BCUT2D eigenvalue weighted by Crippen LogP contribution is 2.28. The lowest BCUT2D eigenvalue weighted by molar-refractivity contribution is 0.0647. The summed E-state index contributed by atoms with van der Waals surface area (Å²) < 4.78 is 30.8. The van der Waals surface area contributed by atoms with E-state index in [-0.39, 0.29) is 5.89 Å². The molecule has 1 N–H and O–H groups in total. The van der Waals surface area contributed by atoms with Crippen molar-refractivity contribution in [3.63, 3.8) is 0 Å². The molecule has 0 aliphatic rings. The average Bonchev–Trinajstić information content (AvgIpc) is 2.75. The highest BCUT2D eigenvalue weighted by atomic mass is 79.9. The van der Waals surface area contributed by atoms with E-state index in [4.69, 9.17) is 9.52 Å². The number of aromatic carboxylic acids is 1. The van der Waals surface area contributed by atoms with Crippen molar-refractivity contribution < 1.29 is 23.1 Å². The SMILES string of the molecule is O=C(O)c1oc(-c2ccc(Br)cc2)nc1C(F)F. The van der Waals surface area contributed by atoms with E-state index in [2.05, 4.69) is 20.9 Å². The molecule has 0 saturated carbocycles. The Morgan fingerprint density at radius 3 is 2.39 bits per heavy atom. The van der Waals surface area contributed by atoms with Gasteiger partial charge in [-0.3, -0.25) is 0 Å². The fourth-order valence-electron chi connectivity index (χ4n) is 1.35. The van der Waals surface area contributed by atoms with E-state index in [1.165, 1.54) is 0 Å². The number of benzene rings is 1. The van der Waals surface area contributed by atoms with E-state index in [0.717, 1.165) is 4.47 Å². The third-order valence-corrected chi connectivity index (χ3v) is 2.67. The number of carbonyl (C=O) groups is 1. The molecule has 18 heavy (non-hydrogen) atoms. The number of carboxylic acids is 1. The Morgan fingerprint density at radius 1 is 1.33 bits per heavy atom. The minimum atomic E-state index is -3.00. The molecule has 0 unspecified atom stereocenters. The maximum absolute atomic E-state index is 12.6. The van der Waals surface area contributed by atoms with Crippen LogP contribution in [-0.4, -0.2) is 16.1 Å². The third kappa shape index (κ3) is 2.40. The lowest BCUT2D eigenvalue weighted by Crippen LogP contribution is -1.99. The summed E-state index contributed by atoms with van der Waals surface area (Å²) in [7, 11) is 0. The number of halogens is 3. The Bertz CT molecular complexity index is 580. The van der Waals surface area contributed by atoms with Crippen LogP contribution >= 0.6 is 15.9 Å². The molecule has 0 radical (unpaired) electrons. The lowest BCUT2D eigenvalue weighted by atomic mass is 10.2. The highest BCUT2D eigenvalue weighted by molar-refractivity contribution is 9.10. The van der Waals surface area contributed by atoms with E-state index in [0.29, 0.717) is 5.56 Å². The number of hydrogen-bond donors (Lipinski definition) is 1. The molecule has 1 heterocycles. The summed E-state index contributed by atoms with van der Waals surface area (Å²) in [6.45, 7) is 0. The zero-order chi connectivity index (χ0) is 13.3. The first-order valence-corrected chi connectivity index (χ1v) is 5.56. The molecule has 0 atom stereocenters. The van der Waals surface area contributed by atoms with E-state index in [1.807, 2.05) is 0 Å². The molecule has 0 fully saturated rings. The van der Waals surface area contributed by atoms with Crippen LogP contribution in [-0.2, 0) is 0 Å². The summed E-state index contributed by atoms with van der Waals surface area (Å²) >= 11 is 3.22. The molecule has 1 aromatic heterocycles. The highest BCUT2D eigenvalue weighted by Gasteiger charge is 2.26. The fraction of sp³-hybridized carbons (Fsp3) is 0.0909. The number of rotatable bonds is 3. The van der Waals surface area contributed by atoms with Crippen molar-refractivity contribution >= 4 is 21.9 Å². The predicted octanol–water partition coefficient (Wildman–Crippen LogP) is 3.74. The van der Waals surface area contributed by atoms with Crippen LogP contribution < -0.4 is 0 Å². The summed E-state index contributed by atoms with van der Waals surface area (Å²) in [6, 6.07) is 6.50. The van der Waals surface area contributed by atoms with Crippen LogP contribution in [0.2, 0.25) is 0 Å². The van der Waals surface area contributed by atoms with Gasteiger partial charge in [0.25, 0.3) is 6.43 Å². The Morgan fingerprint density at radius 2 is 1.94 bits per heavy atom. The van der Waals surface area contributed by atoms with Gasteiger partial charge in [0.05, 0.1) is 0 Å². The second-order valence-corrected chi connectivity index (χ2v) is 4.26.